The van der Waals surface area contributed by atoms with Crippen LogP contribution in [0, 0.1) is 23.3 Å². The normalized spacial score (nSPS) is 16.3. The van der Waals surface area contributed by atoms with Gasteiger partial charge in [-0.15, -0.1) is 10.2 Å². The van der Waals surface area contributed by atoms with Gasteiger partial charge in [-0.2, -0.15) is 17.6 Å². The Balaban J connectivity index is 1.76. The molecule has 3 N–H and O–H groups in total. The lowest BCUT2D eigenvalue weighted by Gasteiger charge is -2.37. The van der Waals surface area contributed by atoms with E-state index >= 15 is 0 Å². The van der Waals surface area contributed by atoms with Crippen LogP contribution in [-0.4, -0.2) is 31.7 Å². The van der Waals surface area contributed by atoms with Crippen LogP contribution >= 0.6 is 0 Å². The summed E-state index contributed by atoms with van der Waals surface area (Å²) in [4.78, 5) is 13.2. The van der Waals surface area contributed by atoms with Crippen LogP contribution in [0.3, 0.4) is 0 Å². The summed E-state index contributed by atoms with van der Waals surface area (Å²) in [6.07, 6.45) is -2.78. The number of carbonyl (C=O) groups is 1. The molecule has 1 saturated carbocycles. The molecular weight excluding hydrogens is 535 g/mol. The summed E-state index contributed by atoms with van der Waals surface area (Å²) in [5, 5.41) is 19.1. The molecule has 38 heavy (non-hydrogen) atoms. The molecule has 14 heteroatoms. The van der Waals surface area contributed by atoms with Crippen LogP contribution in [0.15, 0.2) is 41.3 Å². The van der Waals surface area contributed by atoms with Gasteiger partial charge in [0.1, 0.15) is 5.56 Å². The van der Waals surface area contributed by atoms with Gasteiger partial charge in [-0.3, -0.25) is 4.79 Å². The lowest BCUT2D eigenvalue weighted by molar-refractivity contribution is -0.142. The average molecular weight is 557 g/mol. The molecule has 2 aromatic carbocycles. The Labute approximate surface area is 213 Å². The van der Waals surface area contributed by atoms with E-state index in [0.717, 1.165) is 25.3 Å². The van der Waals surface area contributed by atoms with E-state index in [2.05, 4.69) is 15.5 Å². The molecule has 1 amide bonds. The number of aliphatic hydroxyl groups is 1. The van der Waals surface area contributed by atoms with Crippen LogP contribution in [0.25, 0.3) is 0 Å². The van der Waals surface area contributed by atoms with Crippen molar-refractivity contribution in [2.45, 2.75) is 42.9 Å². The molecule has 0 radical (unpaired) electrons. The number of nitrogens with one attached hydrogen (secondary N) is 2. The SMILES string of the molecule is Cc1c(C(F)(F)F)nnc(Oc2ccc(C3(O)CCC3)c(F)c2F)c1C(=O)Nc1cccc(S(C)(=N)=O)c1. The third-order valence-corrected chi connectivity index (χ3v) is 7.31. The van der Waals surface area contributed by atoms with Crippen molar-refractivity contribution >= 4 is 21.3 Å². The topological polar surface area (TPSA) is 125 Å². The fourth-order valence-electron chi connectivity index (χ4n) is 3.97. The second kappa shape index (κ2) is 9.58. The van der Waals surface area contributed by atoms with Crippen molar-refractivity contribution < 1.29 is 40.8 Å². The zero-order chi connectivity index (χ0) is 28.0. The van der Waals surface area contributed by atoms with E-state index in [1.807, 2.05) is 0 Å². The number of halogens is 5. The van der Waals surface area contributed by atoms with Gasteiger partial charge in [-0.1, -0.05) is 6.07 Å². The molecule has 1 aliphatic carbocycles. The highest BCUT2D eigenvalue weighted by molar-refractivity contribution is 7.91. The van der Waals surface area contributed by atoms with Gasteiger partial charge >= 0.3 is 6.18 Å². The minimum absolute atomic E-state index is 0.000339. The molecule has 0 saturated heterocycles. The van der Waals surface area contributed by atoms with Crippen LogP contribution in [0.2, 0.25) is 0 Å². The van der Waals surface area contributed by atoms with E-state index in [0.29, 0.717) is 6.42 Å². The van der Waals surface area contributed by atoms with Gasteiger partial charge < -0.3 is 15.2 Å². The third kappa shape index (κ3) is 5.18. The Morgan fingerprint density at radius 3 is 2.42 bits per heavy atom. The summed E-state index contributed by atoms with van der Waals surface area (Å²) in [5.41, 5.74) is -4.78. The summed E-state index contributed by atoms with van der Waals surface area (Å²) in [5.74, 6) is -5.73. The van der Waals surface area contributed by atoms with Crippen LogP contribution in [-0.2, 0) is 21.5 Å². The average Bonchev–Trinajstić information content (AvgIpc) is 2.79. The number of hydrogen-bond acceptors (Lipinski definition) is 7. The second-order valence-corrected chi connectivity index (χ2v) is 11.1. The summed E-state index contributed by atoms with van der Waals surface area (Å²) in [6.45, 7) is 0.935. The number of rotatable bonds is 6. The van der Waals surface area contributed by atoms with Crippen molar-refractivity contribution in [3.8, 4) is 11.6 Å². The van der Waals surface area contributed by atoms with Gasteiger partial charge in [-0.25, -0.2) is 13.4 Å². The van der Waals surface area contributed by atoms with Gasteiger partial charge in [-0.05, 0) is 62.1 Å². The van der Waals surface area contributed by atoms with E-state index in [4.69, 9.17) is 9.52 Å². The number of benzene rings is 2. The molecule has 0 aliphatic heterocycles. The third-order valence-electron chi connectivity index (χ3n) is 6.16. The number of hydrogen-bond donors (Lipinski definition) is 3. The van der Waals surface area contributed by atoms with Crippen molar-refractivity contribution in [2.75, 3.05) is 11.6 Å². The largest absolute Gasteiger partial charge is 0.435 e. The minimum Gasteiger partial charge on any atom is -0.434 e. The van der Waals surface area contributed by atoms with E-state index < -0.39 is 67.5 Å². The number of aromatic nitrogens is 2. The summed E-state index contributed by atoms with van der Waals surface area (Å²) >= 11 is 0. The fourth-order valence-corrected chi connectivity index (χ4v) is 4.66. The quantitative estimate of drug-likeness (QED) is 0.343. The maximum absolute atomic E-state index is 14.9. The highest BCUT2D eigenvalue weighted by atomic mass is 32.2. The molecule has 1 fully saturated rings. The minimum atomic E-state index is -5.00. The zero-order valence-corrected chi connectivity index (χ0v) is 20.8. The number of alkyl halides is 3. The Morgan fingerprint density at radius 1 is 1.16 bits per heavy atom. The van der Waals surface area contributed by atoms with Gasteiger partial charge in [0.25, 0.3) is 11.8 Å². The molecule has 0 bridgehead atoms. The molecule has 0 spiro atoms. The first-order valence-electron chi connectivity index (χ1n) is 11.1. The Kier molecular flexibility index (Phi) is 6.91. The summed E-state index contributed by atoms with van der Waals surface area (Å²) in [7, 11) is -3.17. The van der Waals surface area contributed by atoms with Crippen LogP contribution in [0.1, 0.15) is 46.4 Å². The van der Waals surface area contributed by atoms with Crippen molar-refractivity contribution in [1.29, 1.82) is 4.78 Å². The van der Waals surface area contributed by atoms with Gasteiger partial charge in [0.2, 0.25) is 5.82 Å². The molecule has 3 aromatic rings. The van der Waals surface area contributed by atoms with Crippen LogP contribution in [0.4, 0.5) is 27.6 Å². The van der Waals surface area contributed by atoms with E-state index in [-0.39, 0.29) is 29.0 Å². The molecule has 202 valence electrons. The lowest BCUT2D eigenvalue weighted by Crippen LogP contribution is -2.34. The van der Waals surface area contributed by atoms with Crippen LogP contribution in [0.5, 0.6) is 11.6 Å². The molecule has 4 rings (SSSR count). The number of anilines is 1. The van der Waals surface area contributed by atoms with Crippen molar-refractivity contribution in [3.63, 3.8) is 0 Å². The van der Waals surface area contributed by atoms with Crippen LogP contribution < -0.4 is 10.1 Å². The molecule has 1 aromatic heterocycles. The van der Waals surface area contributed by atoms with E-state index in [1.54, 1.807) is 0 Å². The molecule has 1 aliphatic rings. The first-order valence-corrected chi connectivity index (χ1v) is 13.1. The first kappa shape index (κ1) is 27.4. The second-order valence-electron chi connectivity index (χ2n) is 8.90. The number of ether oxygens (including phenoxy) is 1. The Hall–Kier alpha value is -3.65. The van der Waals surface area contributed by atoms with Crippen molar-refractivity contribution in [3.05, 3.63) is 70.4 Å². The molecule has 1 heterocycles. The lowest BCUT2D eigenvalue weighted by atomic mass is 9.75. The predicted octanol–water partition coefficient (Wildman–Crippen LogP) is 5.53. The monoisotopic (exact) mass is 556 g/mol. The Morgan fingerprint density at radius 2 is 1.84 bits per heavy atom. The summed E-state index contributed by atoms with van der Waals surface area (Å²) in [6, 6.07) is 7.37. The highest BCUT2D eigenvalue weighted by Crippen LogP contribution is 2.44. The maximum atomic E-state index is 14.9. The predicted molar refractivity (Wildman–Crippen MR) is 125 cm³/mol. The molecular formula is C24H21F5N4O4S. The van der Waals surface area contributed by atoms with E-state index in [1.165, 1.54) is 24.3 Å². The van der Waals surface area contributed by atoms with Crippen molar-refractivity contribution in [2.24, 2.45) is 0 Å². The molecule has 1 unspecified atom stereocenters. The van der Waals surface area contributed by atoms with E-state index in [9.17, 15) is 36.1 Å². The smallest absolute Gasteiger partial charge is 0.434 e. The first-order chi connectivity index (χ1) is 17.6. The van der Waals surface area contributed by atoms with Gasteiger partial charge in [0.15, 0.2) is 17.3 Å². The van der Waals surface area contributed by atoms with Crippen molar-refractivity contribution in [1.82, 2.24) is 10.2 Å². The fraction of sp³-hybridized carbons (Fsp3) is 0.292. The molecule has 8 nitrogen and oxygen atoms in total. The standard InChI is InChI=1S/C24H21F5N4O4S/c1-12-17(21(34)31-13-5-3-6-14(11-13)38(2,30)36)22(33-32-20(12)24(27,28)29)37-16-8-7-15(18(25)19(16)26)23(35)9-4-10-23/h3,5-8,11,30,35H,4,9-10H2,1-2H3,(H,31,34). The maximum Gasteiger partial charge on any atom is 0.435 e. The zero-order valence-electron chi connectivity index (χ0n) is 19.9. The van der Waals surface area contributed by atoms with Gasteiger partial charge in [0.05, 0.1) is 15.3 Å². The number of nitrogens with zero attached hydrogens (tertiary/aromatic N) is 2. The number of amides is 1. The highest BCUT2D eigenvalue weighted by Gasteiger charge is 2.41. The number of carbonyl (C=O) groups excluding carboxylic acids is 1. The summed E-state index contributed by atoms with van der Waals surface area (Å²) < 4.78 is 95.1. The Bertz CT molecular complexity index is 1540. The molecule has 1 atom stereocenters. The van der Waals surface area contributed by atoms with Gasteiger partial charge in [0, 0.05) is 22.4 Å².